The number of nitrogens with zero attached hydrogens (tertiary/aromatic N) is 2. The first-order chi connectivity index (χ1) is 10.6. The van der Waals surface area contributed by atoms with Crippen molar-refractivity contribution in [3.63, 3.8) is 0 Å². The number of nitrogens with one attached hydrogen (secondary N) is 1. The van der Waals surface area contributed by atoms with Gasteiger partial charge in [-0.25, -0.2) is 0 Å². The zero-order chi connectivity index (χ0) is 15.9. The smallest absolute Gasteiger partial charge is 0.0723 e. The fourth-order valence-corrected chi connectivity index (χ4v) is 2.91. The van der Waals surface area contributed by atoms with Crippen LogP contribution in [-0.4, -0.2) is 35.6 Å². The number of rotatable bonds is 8. The van der Waals surface area contributed by atoms with Crippen molar-refractivity contribution in [3.8, 4) is 0 Å². The highest BCUT2D eigenvalue weighted by atomic mass is 35.5. The van der Waals surface area contributed by atoms with Crippen LogP contribution in [0.15, 0.2) is 30.5 Å². The minimum absolute atomic E-state index is 0.431. The van der Waals surface area contributed by atoms with E-state index < -0.39 is 0 Å². The average molecular weight is 320 g/mol. The molecule has 0 unspecified atom stereocenters. The van der Waals surface area contributed by atoms with Crippen LogP contribution in [0.4, 0.5) is 5.69 Å². The Balaban J connectivity index is 1.97. The van der Waals surface area contributed by atoms with Gasteiger partial charge in [0, 0.05) is 28.3 Å². The van der Waals surface area contributed by atoms with Crippen LogP contribution in [0.3, 0.4) is 0 Å². The molecule has 1 atom stereocenters. The van der Waals surface area contributed by atoms with Gasteiger partial charge in [0.25, 0.3) is 0 Å². The molecule has 0 radical (unpaired) electrons. The van der Waals surface area contributed by atoms with Gasteiger partial charge in [0.1, 0.15) is 0 Å². The number of benzene rings is 1. The van der Waals surface area contributed by atoms with Gasteiger partial charge >= 0.3 is 0 Å². The predicted molar refractivity (Wildman–Crippen MR) is 96.9 cm³/mol. The molecular formula is C18H26ClN3. The maximum absolute atomic E-state index is 6.12. The first-order valence-electron chi connectivity index (χ1n) is 8.17. The molecule has 3 nitrogen and oxygen atoms in total. The summed E-state index contributed by atoms with van der Waals surface area (Å²) in [5, 5.41) is 5.44. The lowest BCUT2D eigenvalue weighted by Crippen LogP contribution is -2.25. The molecule has 0 aliphatic carbocycles. The van der Waals surface area contributed by atoms with Crippen molar-refractivity contribution in [2.45, 2.75) is 39.7 Å². The highest BCUT2D eigenvalue weighted by Gasteiger charge is 2.07. The second-order valence-corrected chi connectivity index (χ2v) is 6.17. The van der Waals surface area contributed by atoms with E-state index in [9.17, 15) is 0 Å². The first-order valence-corrected chi connectivity index (χ1v) is 8.55. The molecule has 0 spiro atoms. The number of halogens is 1. The van der Waals surface area contributed by atoms with Crippen molar-refractivity contribution in [2.75, 3.05) is 25.0 Å². The van der Waals surface area contributed by atoms with Crippen molar-refractivity contribution < 1.29 is 0 Å². The third-order valence-corrected chi connectivity index (χ3v) is 4.35. The highest BCUT2D eigenvalue weighted by molar-refractivity contribution is 6.31. The Kier molecular flexibility index (Phi) is 6.47. The lowest BCUT2D eigenvalue weighted by atomic mass is 10.1. The van der Waals surface area contributed by atoms with E-state index in [1.54, 1.807) is 0 Å². The molecule has 4 heteroatoms. The predicted octanol–water partition coefficient (Wildman–Crippen LogP) is 4.81. The van der Waals surface area contributed by atoms with Crippen molar-refractivity contribution in [1.29, 1.82) is 0 Å². The second-order valence-electron chi connectivity index (χ2n) is 5.73. The summed E-state index contributed by atoms with van der Waals surface area (Å²) >= 11 is 6.12. The second kappa shape index (κ2) is 8.35. The van der Waals surface area contributed by atoms with E-state index in [1.807, 2.05) is 30.5 Å². The Morgan fingerprint density at radius 2 is 2.00 bits per heavy atom. The van der Waals surface area contributed by atoms with Crippen molar-refractivity contribution in [3.05, 3.63) is 35.5 Å². The van der Waals surface area contributed by atoms with Crippen LogP contribution in [-0.2, 0) is 0 Å². The monoisotopic (exact) mass is 319 g/mol. The third kappa shape index (κ3) is 4.59. The van der Waals surface area contributed by atoms with Crippen LogP contribution in [0.25, 0.3) is 10.9 Å². The summed E-state index contributed by atoms with van der Waals surface area (Å²) in [5.74, 6) is 0. The lowest BCUT2D eigenvalue weighted by Gasteiger charge is -2.20. The van der Waals surface area contributed by atoms with E-state index in [-0.39, 0.29) is 0 Å². The summed E-state index contributed by atoms with van der Waals surface area (Å²) in [6.07, 6.45) is 4.21. The summed E-state index contributed by atoms with van der Waals surface area (Å²) in [6, 6.07) is 8.29. The SMILES string of the molecule is CCN(CC)CCC[C@H](C)Nc1ccnc2ccc(Cl)cc12. The average Bonchev–Trinajstić information content (AvgIpc) is 2.52. The van der Waals surface area contributed by atoms with Crippen molar-refractivity contribution >= 4 is 28.2 Å². The van der Waals surface area contributed by atoms with Crippen LogP contribution in [0.1, 0.15) is 33.6 Å². The summed E-state index contributed by atoms with van der Waals surface area (Å²) in [6.45, 7) is 10.1. The summed E-state index contributed by atoms with van der Waals surface area (Å²) < 4.78 is 0. The minimum Gasteiger partial charge on any atom is -0.382 e. The molecule has 0 fully saturated rings. The van der Waals surface area contributed by atoms with Gasteiger partial charge in [-0.15, -0.1) is 0 Å². The van der Waals surface area contributed by atoms with Gasteiger partial charge < -0.3 is 10.2 Å². The zero-order valence-electron chi connectivity index (χ0n) is 13.8. The van der Waals surface area contributed by atoms with Gasteiger partial charge in [0.15, 0.2) is 0 Å². The number of anilines is 1. The summed E-state index contributed by atoms with van der Waals surface area (Å²) in [7, 11) is 0. The summed E-state index contributed by atoms with van der Waals surface area (Å²) in [4.78, 5) is 6.86. The molecule has 120 valence electrons. The van der Waals surface area contributed by atoms with Crippen LogP contribution in [0.2, 0.25) is 5.02 Å². The van der Waals surface area contributed by atoms with Gasteiger partial charge in [-0.2, -0.15) is 0 Å². The molecule has 0 aliphatic heterocycles. The topological polar surface area (TPSA) is 28.2 Å². The molecule has 0 amide bonds. The molecule has 1 heterocycles. The fraction of sp³-hybridized carbons (Fsp3) is 0.500. The molecule has 1 N–H and O–H groups in total. The van der Waals surface area contributed by atoms with E-state index in [4.69, 9.17) is 11.6 Å². The van der Waals surface area contributed by atoms with E-state index in [0.717, 1.165) is 41.1 Å². The molecule has 0 saturated heterocycles. The standard InChI is InChI=1S/C18H26ClN3/c1-4-22(5-2)12-6-7-14(3)21-18-10-11-20-17-9-8-15(19)13-16(17)18/h8-11,13-14H,4-7,12H2,1-3H3,(H,20,21)/t14-/m0/s1. The number of fused-ring (bicyclic) bond motifs is 1. The maximum Gasteiger partial charge on any atom is 0.0723 e. The Bertz CT molecular complexity index is 596. The Morgan fingerprint density at radius 1 is 1.23 bits per heavy atom. The van der Waals surface area contributed by atoms with Gasteiger partial charge in [-0.05, 0) is 63.7 Å². The molecule has 0 bridgehead atoms. The Hall–Kier alpha value is -1.32. The van der Waals surface area contributed by atoms with E-state index in [2.05, 4.69) is 36.0 Å². The van der Waals surface area contributed by atoms with Gasteiger partial charge in [0.05, 0.1) is 5.52 Å². The van der Waals surface area contributed by atoms with Crippen LogP contribution >= 0.6 is 11.6 Å². The zero-order valence-corrected chi connectivity index (χ0v) is 14.5. The maximum atomic E-state index is 6.12. The summed E-state index contributed by atoms with van der Waals surface area (Å²) in [5.41, 5.74) is 2.09. The van der Waals surface area contributed by atoms with Gasteiger partial charge in [-0.3, -0.25) is 4.98 Å². The van der Waals surface area contributed by atoms with E-state index in [0.29, 0.717) is 6.04 Å². The van der Waals surface area contributed by atoms with E-state index in [1.165, 1.54) is 13.0 Å². The van der Waals surface area contributed by atoms with Crippen LogP contribution in [0, 0.1) is 0 Å². The molecule has 22 heavy (non-hydrogen) atoms. The molecule has 0 saturated carbocycles. The number of hydrogen-bond acceptors (Lipinski definition) is 3. The number of pyridine rings is 1. The van der Waals surface area contributed by atoms with Crippen LogP contribution in [0.5, 0.6) is 0 Å². The Labute approximate surface area is 138 Å². The first kappa shape index (κ1) is 17.0. The van der Waals surface area contributed by atoms with Crippen molar-refractivity contribution in [1.82, 2.24) is 9.88 Å². The molecule has 2 rings (SSSR count). The van der Waals surface area contributed by atoms with Gasteiger partial charge in [-0.1, -0.05) is 25.4 Å². The Morgan fingerprint density at radius 3 is 2.73 bits per heavy atom. The minimum atomic E-state index is 0.431. The molecule has 1 aromatic heterocycles. The third-order valence-electron chi connectivity index (χ3n) is 4.11. The highest BCUT2D eigenvalue weighted by Crippen LogP contribution is 2.25. The van der Waals surface area contributed by atoms with Crippen molar-refractivity contribution in [2.24, 2.45) is 0 Å². The number of hydrogen-bond donors (Lipinski definition) is 1. The van der Waals surface area contributed by atoms with Gasteiger partial charge in [0.2, 0.25) is 0 Å². The molecule has 2 aromatic rings. The normalized spacial score (nSPS) is 12.8. The molecule has 1 aromatic carbocycles. The fourth-order valence-electron chi connectivity index (χ4n) is 2.74. The number of aromatic nitrogens is 1. The molecular weight excluding hydrogens is 294 g/mol. The molecule has 0 aliphatic rings. The van der Waals surface area contributed by atoms with Crippen LogP contribution < -0.4 is 5.32 Å². The van der Waals surface area contributed by atoms with E-state index >= 15 is 0 Å². The lowest BCUT2D eigenvalue weighted by molar-refractivity contribution is 0.295. The quantitative estimate of drug-likeness (QED) is 0.756. The largest absolute Gasteiger partial charge is 0.382 e.